The maximum atomic E-state index is 13.2. The molecule has 6 N–H and O–H groups in total. The van der Waals surface area contributed by atoms with Gasteiger partial charge in [-0.05, 0) is 12.1 Å². The minimum absolute atomic E-state index is 0.120. The van der Waals surface area contributed by atoms with Gasteiger partial charge in [-0.1, -0.05) is 6.07 Å². The molecule has 0 spiro atoms. The van der Waals surface area contributed by atoms with Crippen molar-refractivity contribution >= 4 is 40.4 Å². The largest absolute Gasteiger partial charge is 0.387 e. The van der Waals surface area contributed by atoms with Crippen LogP contribution in [0.25, 0.3) is 11.2 Å². The van der Waals surface area contributed by atoms with E-state index in [4.69, 9.17) is 10.5 Å². The lowest BCUT2D eigenvalue weighted by Crippen LogP contribution is -2.54. The fourth-order valence-electron chi connectivity index (χ4n) is 5.22. The molecule has 2 saturated heterocycles. The van der Waals surface area contributed by atoms with Crippen LogP contribution >= 0.6 is 0 Å². The molecule has 2 fully saturated rings. The number of fused-ring (bicyclic) bond motifs is 2. The zero-order chi connectivity index (χ0) is 27.3. The highest BCUT2D eigenvalue weighted by Crippen LogP contribution is 2.33. The van der Waals surface area contributed by atoms with Gasteiger partial charge < -0.3 is 36.2 Å². The number of nitrogens with zero attached hydrogens (tertiary/aromatic N) is 6. The summed E-state index contributed by atoms with van der Waals surface area (Å²) in [6.07, 6.45) is -2.62. The van der Waals surface area contributed by atoms with Gasteiger partial charge in [-0.3, -0.25) is 23.9 Å². The third kappa shape index (κ3) is 4.44. The van der Waals surface area contributed by atoms with Gasteiger partial charge in [0.05, 0.1) is 12.9 Å². The summed E-state index contributed by atoms with van der Waals surface area (Å²) < 4.78 is 7.23. The van der Waals surface area contributed by atoms with Crippen LogP contribution in [0.3, 0.4) is 0 Å². The number of carbonyl (C=O) groups is 3. The summed E-state index contributed by atoms with van der Waals surface area (Å²) >= 11 is 0. The van der Waals surface area contributed by atoms with E-state index in [0.29, 0.717) is 55.1 Å². The summed E-state index contributed by atoms with van der Waals surface area (Å²) in [7, 11) is 0. The van der Waals surface area contributed by atoms with E-state index in [9.17, 15) is 24.6 Å². The maximum absolute atomic E-state index is 13.2. The van der Waals surface area contributed by atoms with Crippen molar-refractivity contribution in [1.29, 1.82) is 0 Å². The molecule has 2 unspecified atom stereocenters. The molecule has 15 nitrogen and oxygen atoms in total. The number of rotatable bonds is 5. The summed E-state index contributed by atoms with van der Waals surface area (Å²) in [6, 6.07) is 5.21. The Morgan fingerprint density at radius 3 is 2.72 bits per heavy atom. The number of nitrogen functional groups attached to an aromatic ring is 1. The van der Waals surface area contributed by atoms with E-state index in [1.807, 2.05) is 4.90 Å². The van der Waals surface area contributed by atoms with E-state index in [-0.39, 0.29) is 24.2 Å². The Bertz CT molecular complexity index is 1450. The van der Waals surface area contributed by atoms with Gasteiger partial charge in [0.25, 0.3) is 11.8 Å². The number of hydrogen-bond acceptors (Lipinski definition) is 11. The average molecular weight is 538 g/mol. The second-order valence-electron chi connectivity index (χ2n) is 9.68. The first-order valence-electron chi connectivity index (χ1n) is 12.5. The molecule has 0 radical (unpaired) electrons. The van der Waals surface area contributed by atoms with Gasteiger partial charge >= 0.3 is 0 Å². The molecule has 39 heavy (non-hydrogen) atoms. The van der Waals surface area contributed by atoms with Crippen LogP contribution < -0.4 is 16.4 Å². The summed E-state index contributed by atoms with van der Waals surface area (Å²) in [5.74, 6) is -0.677. The van der Waals surface area contributed by atoms with E-state index in [2.05, 4.69) is 25.6 Å². The molecular formula is C24H27N9O6. The number of benzene rings is 1. The van der Waals surface area contributed by atoms with Crippen LogP contribution in [0.2, 0.25) is 0 Å². The molecule has 3 aliphatic heterocycles. The topological polar surface area (TPSA) is 201 Å². The molecule has 6 rings (SSSR count). The minimum atomic E-state index is -1.46. The van der Waals surface area contributed by atoms with E-state index >= 15 is 0 Å². The first-order valence-corrected chi connectivity index (χ1v) is 12.5. The molecule has 3 amide bonds. The van der Waals surface area contributed by atoms with Crippen LogP contribution in [-0.4, -0.2) is 108 Å². The van der Waals surface area contributed by atoms with E-state index in [1.54, 1.807) is 23.1 Å². The SMILES string of the molecule is Nc1ncnc2c1ncn2C1OC(C(=O)N2CCN(CC(=O)Nc3cccc4c3CNC4=O)CC2)[C@@H](O)[C@H]1O. The molecule has 0 bridgehead atoms. The van der Waals surface area contributed by atoms with Gasteiger partial charge in [0.1, 0.15) is 24.1 Å². The highest BCUT2D eigenvalue weighted by atomic mass is 16.6. The number of aliphatic hydroxyl groups is 2. The Hall–Kier alpha value is -4.18. The highest BCUT2D eigenvalue weighted by Gasteiger charge is 2.49. The van der Waals surface area contributed by atoms with Crippen molar-refractivity contribution < 1.29 is 29.3 Å². The molecule has 204 valence electrons. The van der Waals surface area contributed by atoms with Crippen LogP contribution in [0.4, 0.5) is 11.5 Å². The molecule has 5 heterocycles. The molecule has 0 aliphatic carbocycles. The van der Waals surface area contributed by atoms with Crippen LogP contribution in [0, 0.1) is 0 Å². The van der Waals surface area contributed by atoms with Crippen molar-refractivity contribution in [2.75, 3.05) is 43.8 Å². The molecule has 0 saturated carbocycles. The van der Waals surface area contributed by atoms with Crippen molar-refractivity contribution in [3.63, 3.8) is 0 Å². The molecule has 3 aromatic rings. The lowest BCUT2D eigenvalue weighted by Gasteiger charge is -2.35. The van der Waals surface area contributed by atoms with Crippen molar-refractivity contribution in [1.82, 2.24) is 34.6 Å². The number of hydrogen-bond donors (Lipinski definition) is 5. The Labute approximate surface area is 221 Å². The number of ether oxygens (including phenoxy) is 1. The van der Waals surface area contributed by atoms with Gasteiger partial charge in [0.15, 0.2) is 23.8 Å². The predicted octanol–water partition coefficient (Wildman–Crippen LogP) is -1.95. The summed E-state index contributed by atoms with van der Waals surface area (Å²) in [6.45, 7) is 1.99. The number of imidazole rings is 1. The monoisotopic (exact) mass is 537 g/mol. The van der Waals surface area contributed by atoms with Crippen LogP contribution in [0.5, 0.6) is 0 Å². The Balaban J connectivity index is 1.05. The van der Waals surface area contributed by atoms with Crippen LogP contribution in [0.1, 0.15) is 22.1 Å². The Kier molecular flexibility index (Phi) is 6.34. The Morgan fingerprint density at radius 2 is 1.92 bits per heavy atom. The number of piperazine rings is 1. The van der Waals surface area contributed by atoms with Crippen molar-refractivity contribution in [3.05, 3.63) is 42.0 Å². The van der Waals surface area contributed by atoms with E-state index < -0.39 is 30.4 Å². The van der Waals surface area contributed by atoms with Gasteiger partial charge in [0.2, 0.25) is 5.91 Å². The Morgan fingerprint density at radius 1 is 1.13 bits per heavy atom. The minimum Gasteiger partial charge on any atom is -0.387 e. The van der Waals surface area contributed by atoms with Crippen molar-refractivity contribution in [3.8, 4) is 0 Å². The third-order valence-electron chi connectivity index (χ3n) is 7.31. The number of amides is 3. The quantitative estimate of drug-likeness (QED) is 0.242. The van der Waals surface area contributed by atoms with Crippen molar-refractivity contribution in [2.45, 2.75) is 31.1 Å². The highest BCUT2D eigenvalue weighted by molar-refractivity contribution is 6.02. The zero-order valence-corrected chi connectivity index (χ0v) is 20.7. The summed E-state index contributed by atoms with van der Waals surface area (Å²) in [5.41, 5.74) is 8.38. The second kappa shape index (κ2) is 9.85. The second-order valence-corrected chi connectivity index (χ2v) is 9.68. The lowest BCUT2D eigenvalue weighted by molar-refractivity contribution is -0.150. The normalized spacial score (nSPS) is 25.1. The van der Waals surface area contributed by atoms with Crippen LogP contribution in [-0.2, 0) is 20.9 Å². The lowest BCUT2D eigenvalue weighted by atomic mass is 10.1. The molecule has 1 aromatic carbocycles. The number of aliphatic hydroxyl groups excluding tert-OH is 2. The van der Waals surface area contributed by atoms with E-state index in [1.165, 1.54) is 17.2 Å². The molecule has 2 aromatic heterocycles. The number of carbonyl (C=O) groups excluding carboxylic acids is 3. The van der Waals surface area contributed by atoms with Gasteiger partial charge in [-0.25, -0.2) is 15.0 Å². The predicted molar refractivity (Wildman–Crippen MR) is 135 cm³/mol. The van der Waals surface area contributed by atoms with Gasteiger partial charge in [-0.15, -0.1) is 0 Å². The van der Waals surface area contributed by atoms with E-state index in [0.717, 1.165) is 5.56 Å². The maximum Gasteiger partial charge on any atom is 0.254 e. The third-order valence-corrected chi connectivity index (χ3v) is 7.31. The number of anilines is 2. The fourth-order valence-corrected chi connectivity index (χ4v) is 5.22. The fraction of sp³-hybridized carbons (Fsp3) is 0.417. The standard InChI is InChI=1S/C24H27N9O6/c25-20-16-21(28-10-27-20)33(11-29-16)24-18(36)17(35)19(39-24)23(38)32-6-4-31(5-7-32)9-15(34)30-14-3-1-2-12-13(14)8-26-22(12)37/h1-3,10-11,17-19,24,35-36H,4-9H2,(H,26,37)(H,30,34)(H2,25,27,28)/t17-,18+,19?,24?/m0/s1. The molecule has 4 atom stereocenters. The summed E-state index contributed by atoms with van der Waals surface area (Å²) in [4.78, 5) is 53.4. The summed E-state index contributed by atoms with van der Waals surface area (Å²) in [5, 5.41) is 26.9. The zero-order valence-electron chi connectivity index (χ0n) is 20.7. The average Bonchev–Trinajstić information content (AvgIpc) is 3.61. The van der Waals surface area contributed by atoms with Gasteiger partial charge in [0, 0.05) is 49.5 Å². The number of nitrogens with one attached hydrogen (secondary N) is 2. The number of aromatic nitrogens is 4. The molecule has 15 heteroatoms. The first kappa shape index (κ1) is 25.1. The van der Waals surface area contributed by atoms with Crippen LogP contribution in [0.15, 0.2) is 30.9 Å². The molecular weight excluding hydrogens is 510 g/mol. The number of nitrogens with two attached hydrogens (primary N) is 1. The molecule has 3 aliphatic rings. The first-order chi connectivity index (χ1) is 18.8. The smallest absolute Gasteiger partial charge is 0.254 e. The van der Waals surface area contributed by atoms with Gasteiger partial charge in [-0.2, -0.15) is 0 Å². The van der Waals surface area contributed by atoms with Crippen molar-refractivity contribution in [2.24, 2.45) is 0 Å².